The summed E-state index contributed by atoms with van der Waals surface area (Å²) in [5.41, 5.74) is 5.11. The molecule has 14 heavy (non-hydrogen) atoms. The maximum absolute atomic E-state index is 10.4. The quantitative estimate of drug-likeness (QED) is 0.702. The Morgan fingerprint density at radius 3 is 2.71 bits per heavy atom. The van der Waals surface area contributed by atoms with Crippen molar-refractivity contribution in [2.75, 3.05) is 11.7 Å². The van der Waals surface area contributed by atoms with E-state index in [1.807, 2.05) is 36.2 Å². The Morgan fingerprint density at radius 2 is 2.14 bits per heavy atom. The molecule has 0 aromatic heterocycles. The van der Waals surface area contributed by atoms with Crippen LogP contribution in [0.15, 0.2) is 29.3 Å². The predicted molar refractivity (Wildman–Crippen MR) is 55.2 cm³/mol. The minimum atomic E-state index is 0.380. The van der Waals surface area contributed by atoms with E-state index in [0.717, 1.165) is 5.69 Å². The molecule has 1 aromatic carbocycles. The van der Waals surface area contributed by atoms with Crippen LogP contribution in [0.4, 0.5) is 5.69 Å². The van der Waals surface area contributed by atoms with Crippen molar-refractivity contribution in [3.05, 3.63) is 29.8 Å². The number of aryl methyl sites for hydroxylation is 1. The predicted octanol–water partition coefficient (Wildman–Crippen LogP) is 0.875. The lowest BCUT2D eigenvalue weighted by molar-refractivity contribution is -0.102. The molecule has 0 saturated heterocycles. The maximum atomic E-state index is 10.4. The normalized spacial score (nSPS) is 14.9. The molecule has 0 spiro atoms. The molecule has 0 bridgehead atoms. The maximum Gasteiger partial charge on any atom is 0.186 e. The Morgan fingerprint density at radius 1 is 1.43 bits per heavy atom. The number of hydrogen-bond donors (Lipinski definition) is 1. The van der Waals surface area contributed by atoms with Crippen molar-refractivity contribution < 1.29 is 4.79 Å². The molecule has 0 atom stereocenters. The van der Waals surface area contributed by atoms with Crippen LogP contribution in [0.5, 0.6) is 0 Å². The third kappa shape index (κ3) is 1.59. The lowest BCUT2D eigenvalue weighted by Gasteiger charge is -2.17. The minimum absolute atomic E-state index is 0.380. The van der Waals surface area contributed by atoms with E-state index in [9.17, 15) is 4.79 Å². The van der Waals surface area contributed by atoms with Gasteiger partial charge in [-0.25, -0.2) is 4.99 Å². The van der Waals surface area contributed by atoms with Crippen molar-refractivity contribution in [2.24, 2.45) is 4.99 Å². The molecule has 0 aliphatic carbocycles. The van der Waals surface area contributed by atoms with E-state index < -0.39 is 0 Å². The third-order valence-corrected chi connectivity index (χ3v) is 2.09. The lowest BCUT2D eigenvalue weighted by Crippen LogP contribution is -2.36. The van der Waals surface area contributed by atoms with Gasteiger partial charge in [0.25, 0.3) is 0 Å². The topological polar surface area (TPSA) is 44.7 Å². The number of rotatable bonds is 2. The zero-order chi connectivity index (χ0) is 9.97. The van der Waals surface area contributed by atoms with Gasteiger partial charge in [0.15, 0.2) is 12.1 Å². The van der Waals surface area contributed by atoms with Gasteiger partial charge in [0, 0.05) is 0 Å². The van der Waals surface area contributed by atoms with Crippen molar-refractivity contribution in [1.82, 2.24) is 5.43 Å². The number of nitrogens with one attached hydrogen (secondary N) is 1. The molecule has 1 N–H and O–H groups in total. The number of nitrogens with zero attached hydrogens (tertiary/aromatic N) is 2. The molecule has 1 heterocycles. The number of benzene rings is 1. The molecule has 1 aliphatic heterocycles. The summed E-state index contributed by atoms with van der Waals surface area (Å²) in [5, 5.41) is 1.82. The molecule has 1 aromatic rings. The van der Waals surface area contributed by atoms with Gasteiger partial charge in [-0.3, -0.25) is 15.2 Å². The summed E-state index contributed by atoms with van der Waals surface area (Å²) in [6, 6.07) is 8.03. The van der Waals surface area contributed by atoms with Crippen LogP contribution < -0.4 is 10.4 Å². The molecule has 0 saturated carbocycles. The van der Waals surface area contributed by atoms with Gasteiger partial charge < -0.3 is 0 Å². The molecule has 4 heteroatoms. The van der Waals surface area contributed by atoms with Crippen molar-refractivity contribution in [3.8, 4) is 0 Å². The summed E-state index contributed by atoms with van der Waals surface area (Å²) in [5.74, 6) is 0.380. The second-order valence-corrected chi connectivity index (χ2v) is 3.18. The molecule has 0 amide bonds. The van der Waals surface area contributed by atoms with Crippen LogP contribution in [0.2, 0.25) is 0 Å². The van der Waals surface area contributed by atoms with Gasteiger partial charge in [-0.1, -0.05) is 17.7 Å². The summed E-state index contributed by atoms with van der Waals surface area (Å²) < 4.78 is 0. The Hall–Kier alpha value is -1.84. The van der Waals surface area contributed by atoms with Gasteiger partial charge in [0.2, 0.25) is 0 Å². The standard InChI is InChI=1S/C10H11N3O/c1-8-2-4-9(5-3-8)13-7-11-10(6-14)12-13/h2-6H,7H2,1H3,(H,11,12). The van der Waals surface area contributed by atoms with E-state index >= 15 is 0 Å². The molecule has 0 radical (unpaired) electrons. The van der Waals surface area contributed by atoms with Crippen LogP contribution in [0.1, 0.15) is 5.56 Å². The average Bonchev–Trinajstić information content (AvgIpc) is 2.67. The number of hydrazine groups is 1. The summed E-state index contributed by atoms with van der Waals surface area (Å²) in [6.07, 6.45) is 0.716. The SMILES string of the molecule is Cc1ccc(N2CN=C(C=O)N2)cc1. The molecule has 4 nitrogen and oxygen atoms in total. The van der Waals surface area contributed by atoms with Crippen molar-refractivity contribution in [1.29, 1.82) is 0 Å². The summed E-state index contributed by atoms with van der Waals surface area (Å²) in [4.78, 5) is 14.4. The zero-order valence-corrected chi connectivity index (χ0v) is 7.90. The zero-order valence-electron chi connectivity index (χ0n) is 7.90. The van der Waals surface area contributed by atoms with Gasteiger partial charge >= 0.3 is 0 Å². The Kier molecular flexibility index (Phi) is 2.18. The van der Waals surface area contributed by atoms with Gasteiger partial charge in [-0.05, 0) is 19.1 Å². The number of carbonyl (C=O) groups is 1. The van der Waals surface area contributed by atoms with E-state index in [1.165, 1.54) is 5.56 Å². The second-order valence-electron chi connectivity index (χ2n) is 3.18. The number of aldehydes is 1. The third-order valence-electron chi connectivity index (χ3n) is 2.09. The highest BCUT2D eigenvalue weighted by atomic mass is 16.1. The number of amidine groups is 1. The first-order chi connectivity index (χ1) is 6.79. The van der Waals surface area contributed by atoms with E-state index in [2.05, 4.69) is 10.4 Å². The lowest BCUT2D eigenvalue weighted by atomic mass is 10.2. The van der Waals surface area contributed by atoms with Crippen LogP contribution >= 0.6 is 0 Å². The summed E-state index contributed by atoms with van der Waals surface area (Å²) >= 11 is 0. The highest BCUT2D eigenvalue weighted by Gasteiger charge is 2.13. The average molecular weight is 189 g/mol. The molecule has 0 unspecified atom stereocenters. The molecule has 2 rings (SSSR count). The van der Waals surface area contributed by atoms with Crippen molar-refractivity contribution in [2.45, 2.75) is 6.92 Å². The van der Waals surface area contributed by atoms with Gasteiger partial charge in [-0.15, -0.1) is 0 Å². The Labute approximate surface area is 82.2 Å². The highest BCUT2D eigenvalue weighted by molar-refractivity contribution is 6.27. The number of anilines is 1. The van der Waals surface area contributed by atoms with Gasteiger partial charge in [-0.2, -0.15) is 0 Å². The monoisotopic (exact) mass is 189 g/mol. The number of carbonyl (C=O) groups excluding carboxylic acids is 1. The number of aliphatic imine (C=N–C) groups is 1. The fraction of sp³-hybridized carbons (Fsp3) is 0.200. The van der Waals surface area contributed by atoms with E-state index in [4.69, 9.17) is 0 Å². The largest absolute Gasteiger partial charge is 0.294 e. The first-order valence-electron chi connectivity index (χ1n) is 4.40. The van der Waals surface area contributed by atoms with Gasteiger partial charge in [0.05, 0.1) is 5.69 Å². The molecule has 1 aliphatic rings. The smallest absolute Gasteiger partial charge is 0.186 e. The molecule has 0 fully saturated rings. The van der Waals surface area contributed by atoms with Crippen LogP contribution in [-0.2, 0) is 4.79 Å². The summed E-state index contributed by atoms with van der Waals surface area (Å²) in [7, 11) is 0. The van der Waals surface area contributed by atoms with E-state index in [-0.39, 0.29) is 0 Å². The minimum Gasteiger partial charge on any atom is -0.294 e. The Balaban J connectivity index is 2.12. The second kappa shape index (κ2) is 3.49. The van der Waals surface area contributed by atoms with Crippen molar-refractivity contribution in [3.63, 3.8) is 0 Å². The highest BCUT2D eigenvalue weighted by Crippen LogP contribution is 2.14. The first kappa shape index (κ1) is 8.74. The molecule has 72 valence electrons. The number of hydrogen-bond acceptors (Lipinski definition) is 4. The van der Waals surface area contributed by atoms with E-state index in [1.54, 1.807) is 0 Å². The van der Waals surface area contributed by atoms with Crippen LogP contribution in [-0.4, -0.2) is 18.8 Å². The van der Waals surface area contributed by atoms with Crippen LogP contribution in [0.25, 0.3) is 0 Å². The fourth-order valence-electron chi connectivity index (χ4n) is 1.29. The van der Waals surface area contributed by atoms with Gasteiger partial charge in [0.1, 0.15) is 6.67 Å². The molecular formula is C10H11N3O. The summed E-state index contributed by atoms with van der Waals surface area (Å²) in [6.45, 7) is 2.52. The van der Waals surface area contributed by atoms with Crippen LogP contribution in [0, 0.1) is 6.92 Å². The van der Waals surface area contributed by atoms with Crippen LogP contribution in [0.3, 0.4) is 0 Å². The van der Waals surface area contributed by atoms with Crippen molar-refractivity contribution >= 4 is 17.8 Å². The fourth-order valence-corrected chi connectivity index (χ4v) is 1.29. The first-order valence-corrected chi connectivity index (χ1v) is 4.40. The van der Waals surface area contributed by atoms with E-state index in [0.29, 0.717) is 18.8 Å². The molecular weight excluding hydrogens is 178 g/mol. The Bertz CT molecular complexity index is 369.